The van der Waals surface area contributed by atoms with Crippen LogP contribution in [-0.2, 0) is 4.79 Å². The molecule has 18 heavy (non-hydrogen) atoms. The molecule has 0 heterocycles. The number of ether oxygens (including phenoxy) is 1. The van der Waals surface area contributed by atoms with Crippen LogP contribution in [0.4, 0.5) is 13.2 Å². The zero-order valence-corrected chi connectivity index (χ0v) is 9.54. The summed E-state index contributed by atoms with van der Waals surface area (Å²) in [7, 11) is 1.10. The van der Waals surface area contributed by atoms with Gasteiger partial charge in [-0.1, -0.05) is 0 Å². The zero-order chi connectivity index (χ0) is 13.9. The second-order valence-electron chi connectivity index (χ2n) is 3.64. The first-order chi connectivity index (χ1) is 8.38. The summed E-state index contributed by atoms with van der Waals surface area (Å²) in [5, 5.41) is 8.46. The van der Waals surface area contributed by atoms with Crippen LogP contribution in [0.2, 0.25) is 0 Å². The predicted molar refractivity (Wildman–Crippen MR) is 56.7 cm³/mol. The number of carboxylic acids is 1. The van der Waals surface area contributed by atoms with E-state index in [0.717, 1.165) is 7.11 Å². The van der Waals surface area contributed by atoms with Crippen molar-refractivity contribution < 1.29 is 27.8 Å². The summed E-state index contributed by atoms with van der Waals surface area (Å²) in [4.78, 5) is 10.4. The van der Waals surface area contributed by atoms with Crippen LogP contribution in [-0.4, -0.2) is 18.2 Å². The minimum absolute atomic E-state index is 0.213. The Morgan fingerprint density at radius 2 is 2.06 bits per heavy atom. The van der Waals surface area contributed by atoms with E-state index in [0.29, 0.717) is 6.07 Å². The largest absolute Gasteiger partial charge is 0.494 e. The first-order valence-electron chi connectivity index (χ1n) is 5.07. The van der Waals surface area contributed by atoms with Crippen molar-refractivity contribution in [3.05, 3.63) is 29.1 Å². The third kappa shape index (κ3) is 2.92. The lowest BCUT2D eigenvalue weighted by Gasteiger charge is -2.15. The first-order valence-corrected chi connectivity index (χ1v) is 5.07. The van der Waals surface area contributed by atoms with Crippen LogP contribution < -0.4 is 10.5 Å². The predicted octanol–water partition coefficient (Wildman–Crippen LogP) is 1.98. The van der Waals surface area contributed by atoms with E-state index in [2.05, 4.69) is 4.74 Å². The molecule has 4 nitrogen and oxygen atoms in total. The van der Waals surface area contributed by atoms with Crippen molar-refractivity contribution in [2.45, 2.75) is 18.9 Å². The van der Waals surface area contributed by atoms with E-state index in [9.17, 15) is 18.0 Å². The highest BCUT2D eigenvalue weighted by atomic mass is 19.2. The first kappa shape index (κ1) is 14.3. The van der Waals surface area contributed by atoms with Crippen molar-refractivity contribution in [1.82, 2.24) is 0 Å². The number of carbonyl (C=O) groups is 1. The van der Waals surface area contributed by atoms with E-state index in [4.69, 9.17) is 10.8 Å². The number of methoxy groups -OCH3 is 1. The van der Waals surface area contributed by atoms with Gasteiger partial charge in [0, 0.05) is 24.1 Å². The van der Waals surface area contributed by atoms with Gasteiger partial charge < -0.3 is 15.6 Å². The van der Waals surface area contributed by atoms with Gasteiger partial charge in [-0.3, -0.25) is 4.79 Å². The molecule has 1 atom stereocenters. The van der Waals surface area contributed by atoms with Gasteiger partial charge in [0.15, 0.2) is 23.2 Å². The van der Waals surface area contributed by atoms with E-state index in [1.165, 1.54) is 0 Å². The van der Waals surface area contributed by atoms with Crippen LogP contribution in [0.3, 0.4) is 0 Å². The Morgan fingerprint density at radius 3 is 2.56 bits per heavy atom. The third-order valence-electron chi connectivity index (χ3n) is 2.42. The number of hydrogen-bond acceptors (Lipinski definition) is 3. The molecule has 3 N–H and O–H groups in total. The topological polar surface area (TPSA) is 72.5 Å². The minimum Gasteiger partial charge on any atom is -0.494 e. The van der Waals surface area contributed by atoms with Crippen molar-refractivity contribution in [1.29, 1.82) is 0 Å². The molecule has 100 valence electrons. The summed E-state index contributed by atoms with van der Waals surface area (Å²) in [6.45, 7) is 0. The molecule has 0 amide bonds. The highest BCUT2D eigenvalue weighted by Crippen LogP contribution is 2.30. The number of rotatable bonds is 5. The molecule has 0 radical (unpaired) electrons. The second-order valence-corrected chi connectivity index (χ2v) is 3.64. The zero-order valence-electron chi connectivity index (χ0n) is 9.54. The molecule has 0 aliphatic carbocycles. The Hall–Kier alpha value is -1.76. The quantitative estimate of drug-likeness (QED) is 0.797. The Balaban J connectivity index is 3.13. The Morgan fingerprint density at radius 1 is 1.44 bits per heavy atom. The number of nitrogens with two attached hydrogens (primary N) is 1. The number of benzene rings is 1. The molecular weight excluding hydrogens is 251 g/mol. The van der Waals surface area contributed by atoms with Gasteiger partial charge in [-0.2, -0.15) is 0 Å². The molecule has 0 aromatic heterocycles. The van der Waals surface area contributed by atoms with Crippen molar-refractivity contribution in [2.75, 3.05) is 7.11 Å². The molecular formula is C11H12F3NO3. The van der Waals surface area contributed by atoms with Crippen LogP contribution in [0.5, 0.6) is 5.75 Å². The smallest absolute Gasteiger partial charge is 0.303 e. The molecule has 0 aliphatic rings. The average Bonchev–Trinajstić information content (AvgIpc) is 2.31. The number of aliphatic carboxylic acids is 1. The highest BCUT2D eigenvalue weighted by Gasteiger charge is 2.24. The standard InChI is InChI=1S/C11H12F3NO3/c1-18-7-4-5(12)10(13)9(11(7)14)6(15)2-3-8(16)17/h4,6H,2-3,15H2,1H3,(H,16,17). The van der Waals surface area contributed by atoms with E-state index in [-0.39, 0.29) is 12.8 Å². The van der Waals surface area contributed by atoms with Crippen LogP contribution >= 0.6 is 0 Å². The maximum absolute atomic E-state index is 13.7. The Bertz CT molecular complexity index is 465. The van der Waals surface area contributed by atoms with Crippen LogP contribution in [0, 0.1) is 17.5 Å². The van der Waals surface area contributed by atoms with Gasteiger partial charge in [-0.25, -0.2) is 13.2 Å². The van der Waals surface area contributed by atoms with Gasteiger partial charge in [0.25, 0.3) is 0 Å². The summed E-state index contributed by atoms with van der Waals surface area (Å²) in [5.74, 6) is -5.47. The fourth-order valence-corrected chi connectivity index (χ4v) is 1.50. The lowest BCUT2D eigenvalue weighted by Crippen LogP contribution is -2.17. The van der Waals surface area contributed by atoms with Crippen molar-refractivity contribution in [3.63, 3.8) is 0 Å². The third-order valence-corrected chi connectivity index (χ3v) is 2.42. The van der Waals surface area contributed by atoms with E-state index >= 15 is 0 Å². The monoisotopic (exact) mass is 263 g/mol. The normalized spacial score (nSPS) is 12.3. The summed E-state index contributed by atoms with van der Waals surface area (Å²) in [5.41, 5.74) is 4.77. The van der Waals surface area contributed by atoms with Gasteiger partial charge in [0.2, 0.25) is 0 Å². The molecule has 0 aliphatic heterocycles. The molecule has 0 bridgehead atoms. The summed E-state index contributed by atoms with van der Waals surface area (Å²) >= 11 is 0. The maximum Gasteiger partial charge on any atom is 0.303 e. The van der Waals surface area contributed by atoms with E-state index in [1.54, 1.807) is 0 Å². The van der Waals surface area contributed by atoms with E-state index < -0.39 is 40.8 Å². The second kappa shape index (κ2) is 5.72. The average molecular weight is 263 g/mol. The van der Waals surface area contributed by atoms with Crippen LogP contribution in [0.1, 0.15) is 24.4 Å². The molecule has 1 rings (SSSR count). The molecule has 1 unspecified atom stereocenters. The van der Waals surface area contributed by atoms with Gasteiger partial charge in [-0.15, -0.1) is 0 Å². The summed E-state index contributed by atoms with van der Waals surface area (Å²) < 4.78 is 44.9. The van der Waals surface area contributed by atoms with Crippen molar-refractivity contribution >= 4 is 5.97 Å². The fourth-order valence-electron chi connectivity index (χ4n) is 1.50. The molecule has 0 saturated heterocycles. The lowest BCUT2D eigenvalue weighted by molar-refractivity contribution is -0.137. The summed E-state index contributed by atoms with van der Waals surface area (Å²) in [6.07, 6.45) is -0.589. The summed E-state index contributed by atoms with van der Waals surface area (Å²) in [6, 6.07) is -0.691. The molecule has 0 fully saturated rings. The molecule has 1 aromatic carbocycles. The number of carboxylic acid groups (broad SMARTS) is 1. The number of halogens is 3. The van der Waals surface area contributed by atoms with Gasteiger partial charge >= 0.3 is 5.97 Å². The molecule has 7 heteroatoms. The molecule has 0 spiro atoms. The van der Waals surface area contributed by atoms with Gasteiger partial charge in [-0.05, 0) is 6.42 Å². The fraction of sp³-hybridized carbons (Fsp3) is 0.364. The number of hydrogen-bond donors (Lipinski definition) is 2. The lowest BCUT2D eigenvalue weighted by atomic mass is 10.0. The molecule has 0 saturated carbocycles. The highest BCUT2D eigenvalue weighted by molar-refractivity contribution is 5.66. The maximum atomic E-state index is 13.7. The van der Waals surface area contributed by atoms with Crippen molar-refractivity contribution in [3.8, 4) is 5.75 Å². The SMILES string of the molecule is COc1cc(F)c(F)c(C(N)CCC(=O)O)c1F. The van der Waals surface area contributed by atoms with Gasteiger partial charge in [0.1, 0.15) is 0 Å². The molecule has 1 aromatic rings. The van der Waals surface area contributed by atoms with Crippen LogP contribution in [0.25, 0.3) is 0 Å². The van der Waals surface area contributed by atoms with E-state index in [1.807, 2.05) is 0 Å². The minimum atomic E-state index is -1.42. The van der Waals surface area contributed by atoms with Crippen LogP contribution in [0.15, 0.2) is 6.07 Å². The van der Waals surface area contributed by atoms with Crippen molar-refractivity contribution in [2.24, 2.45) is 5.73 Å². The Labute approximate surface area is 101 Å². The Kier molecular flexibility index (Phi) is 4.55. The van der Waals surface area contributed by atoms with Gasteiger partial charge in [0.05, 0.1) is 7.11 Å².